The lowest BCUT2D eigenvalue weighted by Gasteiger charge is -2.20. The normalized spacial score (nSPS) is 10.8. The van der Waals surface area contributed by atoms with E-state index in [1.54, 1.807) is 0 Å². The molecule has 0 nitrogen and oxygen atoms in total. The zero-order chi connectivity index (χ0) is 19.7. The van der Waals surface area contributed by atoms with Crippen LogP contribution in [0.25, 0.3) is 11.6 Å². The highest BCUT2D eigenvalue weighted by Crippen LogP contribution is 2.36. The third kappa shape index (κ3) is 3.90. The van der Waals surface area contributed by atoms with E-state index in [-0.39, 0.29) is 0 Å². The number of hydrogen-bond donors (Lipinski definition) is 0. The van der Waals surface area contributed by atoms with Crippen LogP contribution in [0.4, 0.5) is 0 Å². The van der Waals surface area contributed by atoms with E-state index in [0.717, 1.165) is 0 Å². The molecule has 0 heteroatoms. The maximum atomic E-state index is 2.38. The predicted octanol–water partition coefficient (Wildman–Crippen LogP) is 7.43. The molecule has 0 fully saturated rings. The van der Waals surface area contributed by atoms with Gasteiger partial charge in [0, 0.05) is 0 Å². The Morgan fingerprint density at radius 1 is 0.556 bits per heavy atom. The fourth-order valence-corrected chi connectivity index (χ4v) is 4.38. The Bertz CT molecular complexity index is 926. The van der Waals surface area contributed by atoms with Crippen LogP contribution in [0, 0.1) is 48.5 Å². The lowest BCUT2D eigenvalue weighted by Crippen LogP contribution is -2.01. The van der Waals surface area contributed by atoms with Crippen molar-refractivity contribution in [3.05, 3.63) is 104 Å². The minimum Gasteiger partial charge on any atom is -0.0620 e. The van der Waals surface area contributed by atoms with Crippen LogP contribution in [0.3, 0.4) is 0 Å². The van der Waals surface area contributed by atoms with Gasteiger partial charge in [-0.1, -0.05) is 59.7 Å². The SMILES string of the molecule is Cc1cc(C)c(C(=Cc2ccccc2C)c2c(C)cc(C)cc2C)c(C)c1. The quantitative estimate of drug-likeness (QED) is 0.429. The average Bonchev–Trinajstić information content (AvgIpc) is 2.54. The first-order chi connectivity index (χ1) is 12.8. The van der Waals surface area contributed by atoms with E-state index in [4.69, 9.17) is 0 Å². The molecule has 3 aromatic carbocycles. The van der Waals surface area contributed by atoms with Crippen molar-refractivity contribution >= 4 is 11.6 Å². The molecule has 0 saturated heterocycles. The molecule has 3 aromatic rings. The summed E-state index contributed by atoms with van der Waals surface area (Å²) in [6.07, 6.45) is 2.38. The van der Waals surface area contributed by atoms with Gasteiger partial charge in [0.2, 0.25) is 0 Å². The fraction of sp³-hybridized carbons (Fsp3) is 0.259. The van der Waals surface area contributed by atoms with Crippen LogP contribution in [0.15, 0.2) is 48.5 Å². The van der Waals surface area contributed by atoms with Gasteiger partial charge in [0.25, 0.3) is 0 Å². The zero-order valence-corrected chi connectivity index (χ0v) is 17.7. The Labute approximate surface area is 164 Å². The molecule has 138 valence electrons. The highest BCUT2D eigenvalue weighted by molar-refractivity contribution is 5.95. The molecule has 0 aliphatic rings. The van der Waals surface area contributed by atoms with Crippen molar-refractivity contribution in [2.45, 2.75) is 48.5 Å². The molecule has 0 unspecified atom stereocenters. The molecule has 0 saturated carbocycles. The summed E-state index contributed by atoms with van der Waals surface area (Å²) in [6, 6.07) is 17.8. The summed E-state index contributed by atoms with van der Waals surface area (Å²) in [5.41, 5.74) is 14.6. The summed E-state index contributed by atoms with van der Waals surface area (Å²) in [5, 5.41) is 0. The third-order valence-electron chi connectivity index (χ3n) is 5.38. The van der Waals surface area contributed by atoms with Crippen LogP contribution >= 0.6 is 0 Å². The second kappa shape index (κ2) is 7.56. The average molecular weight is 355 g/mol. The second-order valence-electron chi connectivity index (χ2n) is 7.96. The van der Waals surface area contributed by atoms with E-state index in [1.165, 1.54) is 61.2 Å². The third-order valence-corrected chi connectivity index (χ3v) is 5.38. The lowest BCUT2D eigenvalue weighted by atomic mass is 9.84. The first kappa shape index (κ1) is 19.2. The van der Waals surface area contributed by atoms with E-state index < -0.39 is 0 Å². The standard InChI is InChI=1S/C27H30/c1-17-12-20(4)26(21(5)13-17)25(16-24-11-9-8-10-19(24)3)27-22(6)14-18(2)15-23(27)7/h8-16H,1-7H3. The van der Waals surface area contributed by atoms with Crippen molar-refractivity contribution in [1.82, 2.24) is 0 Å². The summed E-state index contributed by atoms with van der Waals surface area (Å²) >= 11 is 0. The van der Waals surface area contributed by atoms with Gasteiger partial charge in [0.1, 0.15) is 0 Å². The number of aryl methyl sites for hydroxylation is 7. The zero-order valence-electron chi connectivity index (χ0n) is 17.7. The van der Waals surface area contributed by atoms with Crippen molar-refractivity contribution in [2.24, 2.45) is 0 Å². The largest absolute Gasteiger partial charge is 0.0620 e. The monoisotopic (exact) mass is 354 g/mol. The number of rotatable bonds is 3. The molecule has 0 aromatic heterocycles. The molecule has 0 radical (unpaired) electrons. The van der Waals surface area contributed by atoms with Crippen LogP contribution in [0.5, 0.6) is 0 Å². The molecule has 0 aliphatic heterocycles. The Morgan fingerprint density at radius 2 is 0.963 bits per heavy atom. The van der Waals surface area contributed by atoms with Gasteiger partial charge >= 0.3 is 0 Å². The molecule has 0 spiro atoms. The second-order valence-corrected chi connectivity index (χ2v) is 7.96. The molecule has 0 aliphatic carbocycles. The van der Waals surface area contributed by atoms with Crippen LogP contribution < -0.4 is 0 Å². The van der Waals surface area contributed by atoms with Gasteiger partial charge in [0.15, 0.2) is 0 Å². The van der Waals surface area contributed by atoms with E-state index in [9.17, 15) is 0 Å². The summed E-state index contributed by atoms with van der Waals surface area (Å²) < 4.78 is 0. The van der Waals surface area contributed by atoms with Crippen LogP contribution in [0.1, 0.15) is 55.6 Å². The molecule has 0 N–H and O–H groups in total. The number of benzene rings is 3. The Kier molecular flexibility index (Phi) is 5.37. The molecule has 27 heavy (non-hydrogen) atoms. The highest BCUT2D eigenvalue weighted by Gasteiger charge is 2.16. The smallest absolute Gasteiger partial charge is 0.00947 e. The molecule has 0 bridgehead atoms. The minimum absolute atomic E-state index is 1.28. The summed E-state index contributed by atoms with van der Waals surface area (Å²) in [6.45, 7) is 15.5. The Hall–Kier alpha value is -2.60. The first-order valence-corrected chi connectivity index (χ1v) is 9.71. The lowest BCUT2D eigenvalue weighted by molar-refractivity contribution is 1.25. The van der Waals surface area contributed by atoms with Crippen molar-refractivity contribution in [1.29, 1.82) is 0 Å². The molecule has 0 atom stereocenters. The van der Waals surface area contributed by atoms with Crippen LogP contribution in [-0.2, 0) is 0 Å². The van der Waals surface area contributed by atoms with Gasteiger partial charge in [-0.2, -0.15) is 0 Å². The van der Waals surface area contributed by atoms with Gasteiger partial charge in [-0.3, -0.25) is 0 Å². The van der Waals surface area contributed by atoms with Crippen molar-refractivity contribution < 1.29 is 0 Å². The predicted molar refractivity (Wildman–Crippen MR) is 119 cm³/mol. The molecular weight excluding hydrogens is 324 g/mol. The van der Waals surface area contributed by atoms with Gasteiger partial charge in [-0.15, -0.1) is 0 Å². The minimum atomic E-state index is 1.28. The summed E-state index contributed by atoms with van der Waals surface area (Å²) in [7, 11) is 0. The van der Waals surface area contributed by atoms with Crippen molar-refractivity contribution in [2.75, 3.05) is 0 Å². The van der Waals surface area contributed by atoms with Crippen LogP contribution in [0.2, 0.25) is 0 Å². The highest BCUT2D eigenvalue weighted by atomic mass is 14.2. The molecule has 0 heterocycles. The van der Waals surface area contributed by atoms with E-state index >= 15 is 0 Å². The van der Waals surface area contributed by atoms with E-state index in [2.05, 4.69) is 103 Å². The van der Waals surface area contributed by atoms with Gasteiger partial charge < -0.3 is 0 Å². The summed E-state index contributed by atoms with van der Waals surface area (Å²) in [5.74, 6) is 0. The van der Waals surface area contributed by atoms with E-state index in [1.807, 2.05) is 0 Å². The topological polar surface area (TPSA) is 0 Å². The van der Waals surface area contributed by atoms with E-state index in [0.29, 0.717) is 0 Å². The Morgan fingerprint density at radius 3 is 1.37 bits per heavy atom. The maximum absolute atomic E-state index is 2.38. The van der Waals surface area contributed by atoms with Crippen molar-refractivity contribution in [3.63, 3.8) is 0 Å². The maximum Gasteiger partial charge on any atom is -0.00947 e. The number of hydrogen-bond acceptors (Lipinski definition) is 0. The fourth-order valence-electron chi connectivity index (χ4n) is 4.38. The van der Waals surface area contributed by atoms with Crippen molar-refractivity contribution in [3.8, 4) is 0 Å². The molecule has 3 rings (SSSR count). The van der Waals surface area contributed by atoms with Gasteiger partial charge in [-0.05, 0) is 105 Å². The van der Waals surface area contributed by atoms with Gasteiger partial charge in [0.05, 0.1) is 0 Å². The first-order valence-electron chi connectivity index (χ1n) is 9.71. The molecule has 0 amide bonds. The van der Waals surface area contributed by atoms with Crippen LogP contribution in [-0.4, -0.2) is 0 Å². The summed E-state index contributed by atoms with van der Waals surface area (Å²) in [4.78, 5) is 0. The Balaban J connectivity index is 2.38. The molecular formula is C27H30. The van der Waals surface area contributed by atoms with Gasteiger partial charge in [-0.25, -0.2) is 0 Å².